The van der Waals surface area contributed by atoms with Gasteiger partial charge in [0.2, 0.25) is 0 Å². The highest BCUT2D eigenvalue weighted by atomic mass is 16.5. The van der Waals surface area contributed by atoms with Gasteiger partial charge in [-0.25, -0.2) is 0 Å². The standard InChI is InChI=1S/C22H22N2O2/c1-4-26-20-7-5-6-17(13-20)21-11-9-18(14-23-21)22(25)24-19-10-8-15(2)16(3)12-19/h5-14H,4H2,1-3H3,(H,24,25). The van der Waals surface area contributed by atoms with Gasteiger partial charge in [-0.05, 0) is 68.3 Å². The smallest absolute Gasteiger partial charge is 0.257 e. The third-order valence-corrected chi connectivity index (χ3v) is 4.23. The quantitative estimate of drug-likeness (QED) is 0.706. The van der Waals surface area contributed by atoms with Crippen molar-refractivity contribution in [1.29, 1.82) is 0 Å². The Morgan fingerprint density at radius 2 is 1.88 bits per heavy atom. The zero-order valence-corrected chi connectivity index (χ0v) is 15.2. The number of nitrogens with one attached hydrogen (secondary N) is 1. The number of nitrogens with zero attached hydrogens (tertiary/aromatic N) is 1. The minimum absolute atomic E-state index is 0.171. The maximum absolute atomic E-state index is 12.4. The highest BCUT2D eigenvalue weighted by molar-refractivity contribution is 6.04. The fourth-order valence-electron chi connectivity index (χ4n) is 2.63. The first-order valence-electron chi connectivity index (χ1n) is 8.64. The van der Waals surface area contributed by atoms with Crippen LogP contribution in [-0.2, 0) is 0 Å². The lowest BCUT2D eigenvalue weighted by Gasteiger charge is -2.09. The SMILES string of the molecule is CCOc1cccc(-c2ccc(C(=O)Nc3ccc(C)c(C)c3)cn2)c1. The first-order chi connectivity index (χ1) is 12.6. The Hall–Kier alpha value is -3.14. The van der Waals surface area contributed by atoms with Crippen LogP contribution in [0.1, 0.15) is 28.4 Å². The van der Waals surface area contributed by atoms with Gasteiger partial charge in [-0.2, -0.15) is 0 Å². The third-order valence-electron chi connectivity index (χ3n) is 4.23. The number of carbonyl (C=O) groups is 1. The lowest BCUT2D eigenvalue weighted by Crippen LogP contribution is -2.12. The van der Waals surface area contributed by atoms with Crippen LogP contribution in [0, 0.1) is 13.8 Å². The van der Waals surface area contributed by atoms with Gasteiger partial charge in [0.1, 0.15) is 5.75 Å². The number of amides is 1. The van der Waals surface area contributed by atoms with Crippen molar-refractivity contribution < 1.29 is 9.53 Å². The van der Waals surface area contributed by atoms with E-state index in [2.05, 4.69) is 10.3 Å². The van der Waals surface area contributed by atoms with E-state index >= 15 is 0 Å². The molecule has 0 aliphatic heterocycles. The summed E-state index contributed by atoms with van der Waals surface area (Å²) in [7, 11) is 0. The molecule has 2 aromatic carbocycles. The molecule has 0 spiro atoms. The first kappa shape index (κ1) is 17.7. The van der Waals surface area contributed by atoms with E-state index in [9.17, 15) is 4.79 Å². The minimum Gasteiger partial charge on any atom is -0.494 e. The van der Waals surface area contributed by atoms with Gasteiger partial charge in [0, 0.05) is 17.4 Å². The molecule has 0 bridgehead atoms. The van der Waals surface area contributed by atoms with Crippen LogP contribution in [0.25, 0.3) is 11.3 Å². The van der Waals surface area contributed by atoms with Crippen LogP contribution in [0.5, 0.6) is 5.75 Å². The van der Waals surface area contributed by atoms with E-state index in [1.165, 1.54) is 5.56 Å². The van der Waals surface area contributed by atoms with Gasteiger partial charge in [-0.15, -0.1) is 0 Å². The molecule has 1 heterocycles. The highest BCUT2D eigenvalue weighted by Gasteiger charge is 2.08. The number of aromatic nitrogens is 1. The number of hydrogen-bond acceptors (Lipinski definition) is 3. The topological polar surface area (TPSA) is 51.2 Å². The molecule has 0 saturated heterocycles. The van der Waals surface area contributed by atoms with Crippen molar-refractivity contribution in [1.82, 2.24) is 4.98 Å². The van der Waals surface area contributed by atoms with Gasteiger partial charge in [0.05, 0.1) is 17.9 Å². The zero-order chi connectivity index (χ0) is 18.5. The van der Waals surface area contributed by atoms with E-state index in [1.807, 2.05) is 69.3 Å². The summed E-state index contributed by atoms with van der Waals surface area (Å²) in [6, 6.07) is 17.3. The van der Waals surface area contributed by atoms with Crippen LogP contribution in [-0.4, -0.2) is 17.5 Å². The van der Waals surface area contributed by atoms with Gasteiger partial charge in [-0.3, -0.25) is 9.78 Å². The Kier molecular flexibility index (Phi) is 5.32. The molecular formula is C22H22N2O2. The van der Waals surface area contributed by atoms with Gasteiger partial charge in [0.25, 0.3) is 5.91 Å². The van der Waals surface area contributed by atoms with Crippen molar-refractivity contribution in [2.45, 2.75) is 20.8 Å². The molecule has 0 fully saturated rings. The molecule has 0 saturated carbocycles. The van der Waals surface area contributed by atoms with Gasteiger partial charge in [-0.1, -0.05) is 18.2 Å². The van der Waals surface area contributed by atoms with Crippen molar-refractivity contribution in [3.8, 4) is 17.0 Å². The van der Waals surface area contributed by atoms with Crippen molar-refractivity contribution in [2.24, 2.45) is 0 Å². The Balaban J connectivity index is 1.75. The van der Waals surface area contributed by atoms with E-state index in [0.29, 0.717) is 12.2 Å². The van der Waals surface area contributed by atoms with Crippen LogP contribution in [0.15, 0.2) is 60.8 Å². The molecule has 1 amide bonds. The number of anilines is 1. The fourth-order valence-corrected chi connectivity index (χ4v) is 2.63. The van der Waals surface area contributed by atoms with Gasteiger partial charge < -0.3 is 10.1 Å². The predicted octanol–water partition coefficient (Wildman–Crippen LogP) is 5.02. The largest absolute Gasteiger partial charge is 0.494 e. The number of ether oxygens (including phenoxy) is 1. The van der Waals surface area contributed by atoms with Crippen LogP contribution in [0.2, 0.25) is 0 Å². The molecule has 3 aromatic rings. The summed E-state index contributed by atoms with van der Waals surface area (Å²) in [5.41, 5.74) is 5.40. The highest BCUT2D eigenvalue weighted by Crippen LogP contribution is 2.23. The summed E-state index contributed by atoms with van der Waals surface area (Å²) in [6.07, 6.45) is 1.60. The fraction of sp³-hybridized carbons (Fsp3) is 0.182. The summed E-state index contributed by atoms with van der Waals surface area (Å²) >= 11 is 0. The van der Waals surface area contributed by atoms with Crippen LogP contribution in [0.3, 0.4) is 0 Å². The van der Waals surface area contributed by atoms with E-state index < -0.39 is 0 Å². The normalized spacial score (nSPS) is 10.4. The molecule has 0 aliphatic carbocycles. The summed E-state index contributed by atoms with van der Waals surface area (Å²) in [6.45, 7) is 6.64. The van der Waals surface area contributed by atoms with Crippen LogP contribution >= 0.6 is 0 Å². The Labute approximate surface area is 153 Å². The van der Waals surface area contributed by atoms with Crippen LogP contribution in [0.4, 0.5) is 5.69 Å². The molecule has 0 radical (unpaired) electrons. The molecule has 3 rings (SSSR count). The van der Waals surface area contributed by atoms with E-state index in [4.69, 9.17) is 4.74 Å². The minimum atomic E-state index is -0.171. The molecule has 0 unspecified atom stereocenters. The second kappa shape index (κ2) is 7.83. The third kappa shape index (κ3) is 4.09. The zero-order valence-electron chi connectivity index (χ0n) is 15.2. The molecule has 26 heavy (non-hydrogen) atoms. The lowest BCUT2D eigenvalue weighted by molar-refractivity contribution is 0.102. The number of carbonyl (C=O) groups excluding carboxylic acids is 1. The maximum atomic E-state index is 12.4. The molecule has 4 heteroatoms. The predicted molar refractivity (Wildman–Crippen MR) is 105 cm³/mol. The molecule has 132 valence electrons. The Morgan fingerprint density at radius 3 is 2.58 bits per heavy atom. The molecule has 4 nitrogen and oxygen atoms in total. The molecular weight excluding hydrogens is 324 g/mol. The van der Waals surface area contributed by atoms with Crippen molar-refractivity contribution >= 4 is 11.6 Å². The van der Waals surface area contributed by atoms with E-state index in [1.54, 1.807) is 12.3 Å². The number of aryl methyl sites for hydroxylation is 2. The Morgan fingerprint density at radius 1 is 1.04 bits per heavy atom. The van der Waals surface area contributed by atoms with Crippen molar-refractivity contribution in [2.75, 3.05) is 11.9 Å². The number of benzene rings is 2. The summed E-state index contributed by atoms with van der Waals surface area (Å²) in [5.74, 6) is 0.638. The summed E-state index contributed by atoms with van der Waals surface area (Å²) in [5, 5.41) is 2.91. The summed E-state index contributed by atoms with van der Waals surface area (Å²) in [4.78, 5) is 16.9. The monoisotopic (exact) mass is 346 g/mol. The average molecular weight is 346 g/mol. The summed E-state index contributed by atoms with van der Waals surface area (Å²) < 4.78 is 5.52. The van der Waals surface area contributed by atoms with Gasteiger partial charge >= 0.3 is 0 Å². The second-order valence-corrected chi connectivity index (χ2v) is 6.15. The van der Waals surface area contributed by atoms with E-state index in [0.717, 1.165) is 28.3 Å². The first-order valence-corrected chi connectivity index (χ1v) is 8.64. The number of pyridine rings is 1. The average Bonchev–Trinajstić information content (AvgIpc) is 2.65. The Bertz CT molecular complexity index is 918. The maximum Gasteiger partial charge on any atom is 0.257 e. The second-order valence-electron chi connectivity index (χ2n) is 6.15. The molecule has 1 N–H and O–H groups in total. The lowest BCUT2D eigenvalue weighted by atomic mass is 10.1. The number of hydrogen-bond donors (Lipinski definition) is 1. The molecule has 1 aromatic heterocycles. The number of rotatable bonds is 5. The van der Waals surface area contributed by atoms with Crippen LogP contribution < -0.4 is 10.1 Å². The molecule has 0 aliphatic rings. The van der Waals surface area contributed by atoms with Crippen molar-refractivity contribution in [3.05, 3.63) is 77.5 Å². The molecule has 0 atom stereocenters. The van der Waals surface area contributed by atoms with Crippen molar-refractivity contribution in [3.63, 3.8) is 0 Å². The van der Waals surface area contributed by atoms with Gasteiger partial charge in [0.15, 0.2) is 0 Å². The van der Waals surface area contributed by atoms with E-state index in [-0.39, 0.29) is 5.91 Å².